The molecule has 0 aromatic rings. The van der Waals surface area contributed by atoms with Gasteiger partial charge in [0.1, 0.15) is 6.54 Å². The molecule has 0 aromatic carbocycles. The summed E-state index contributed by atoms with van der Waals surface area (Å²) in [6.45, 7) is -2.36. The van der Waals surface area contributed by atoms with Gasteiger partial charge in [0.15, 0.2) is 0 Å². The van der Waals surface area contributed by atoms with E-state index >= 15 is 0 Å². The largest absolute Gasteiger partial charge is 0.480 e. The standard InChI is InChI=1S/C10H16N2O9/c13-7(14)3-11(4-8(15)16)1-2-12(5-9(17)18)6-10(19)21-20/h20H,1-6H2,(H,13,14)(H,15,16)(H,17,18). The van der Waals surface area contributed by atoms with Crippen molar-refractivity contribution in [3.05, 3.63) is 0 Å². The molecule has 0 rings (SSSR count). The maximum Gasteiger partial charge on any atom is 0.355 e. The van der Waals surface area contributed by atoms with Crippen molar-refractivity contribution < 1.29 is 44.6 Å². The van der Waals surface area contributed by atoms with Crippen LogP contribution in [-0.4, -0.2) is 93.5 Å². The van der Waals surface area contributed by atoms with Crippen LogP contribution in [0.5, 0.6) is 0 Å². The first-order valence-electron chi connectivity index (χ1n) is 5.69. The number of carbonyl (C=O) groups is 4. The molecule has 0 radical (unpaired) electrons. The lowest BCUT2D eigenvalue weighted by molar-refractivity contribution is -0.235. The van der Waals surface area contributed by atoms with Crippen LogP contribution in [0.25, 0.3) is 0 Å². The summed E-state index contributed by atoms with van der Waals surface area (Å²) in [5, 5.41) is 34.1. The number of rotatable bonds is 11. The zero-order chi connectivity index (χ0) is 16.4. The van der Waals surface area contributed by atoms with Crippen molar-refractivity contribution in [1.82, 2.24) is 9.80 Å². The summed E-state index contributed by atoms with van der Waals surface area (Å²) in [4.78, 5) is 48.2. The molecule has 0 aromatic heterocycles. The average molecular weight is 308 g/mol. The molecular weight excluding hydrogens is 292 g/mol. The molecule has 0 saturated carbocycles. The van der Waals surface area contributed by atoms with Crippen LogP contribution in [0.2, 0.25) is 0 Å². The first-order valence-corrected chi connectivity index (χ1v) is 5.69. The van der Waals surface area contributed by atoms with Gasteiger partial charge in [-0.25, -0.2) is 4.79 Å². The summed E-state index contributed by atoms with van der Waals surface area (Å²) >= 11 is 0. The summed E-state index contributed by atoms with van der Waals surface area (Å²) in [6.07, 6.45) is 0. The van der Waals surface area contributed by atoms with Crippen LogP contribution in [0.15, 0.2) is 0 Å². The Labute approximate surface area is 118 Å². The smallest absolute Gasteiger partial charge is 0.355 e. The number of carboxylic acid groups (broad SMARTS) is 3. The molecule has 0 fully saturated rings. The summed E-state index contributed by atoms with van der Waals surface area (Å²) in [5.74, 6) is -4.81. The van der Waals surface area contributed by atoms with E-state index in [1.807, 2.05) is 0 Å². The Morgan fingerprint density at radius 1 is 0.714 bits per heavy atom. The van der Waals surface area contributed by atoms with Gasteiger partial charge in [0.2, 0.25) is 0 Å². The lowest BCUT2D eigenvalue weighted by atomic mass is 10.4. The number of aliphatic carboxylic acids is 3. The molecule has 0 heterocycles. The molecule has 0 saturated heterocycles. The van der Waals surface area contributed by atoms with Crippen LogP contribution in [0.1, 0.15) is 0 Å². The molecule has 0 aliphatic rings. The van der Waals surface area contributed by atoms with Crippen molar-refractivity contribution in [2.45, 2.75) is 0 Å². The average Bonchev–Trinajstić information content (AvgIpc) is 2.33. The highest BCUT2D eigenvalue weighted by Crippen LogP contribution is 1.95. The van der Waals surface area contributed by atoms with E-state index in [4.69, 9.17) is 20.6 Å². The van der Waals surface area contributed by atoms with Gasteiger partial charge in [-0.15, -0.1) is 0 Å². The van der Waals surface area contributed by atoms with Crippen LogP contribution in [0.4, 0.5) is 0 Å². The lowest BCUT2D eigenvalue weighted by Gasteiger charge is -2.23. The van der Waals surface area contributed by atoms with Crippen LogP contribution < -0.4 is 0 Å². The van der Waals surface area contributed by atoms with E-state index < -0.39 is 50.1 Å². The highest BCUT2D eigenvalue weighted by atomic mass is 17.1. The number of hydrogen-bond acceptors (Lipinski definition) is 8. The molecule has 0 aliphatic carbocycles. The zero-order valence-corrected chi connectivity index (χ0v) is 11.0. The number of carbonyl (C=O) groups excluding carboxylic acids is 1. The van der Waals surface area contributed by atoms with Gasteiger partial charge in [0, 0.05) is 13.1 Å². The van der Waals surface area contributed by atoms with E-state index in [0.29, 0.717) is 0 Å². The predicted molar refractivity (Wildman–Crippen MR) is 64.5 cm³/mol. The van der Waals surface area contributed by atoms with E-state index in [1.54, 1.807) is 0 Å². The minimum Gasteiger partial charge on any atom is -0.480 e. The molecule has 0 atom stereocenters. The Balaban J connectivity index is 4.56. The molecule has 11 heteroatoms. The maximum atomic E-state index is 10.9. The first kappa shape index (κ1) is 18.8. The van der Waals surface area contributed by atoms with Crippen LogP contribution >= 0.6 is 0 Å². The zero-order valence-electron chi connectivity index (χ0n) is 11.0. The molecule has 0 spiro atoms. The van der Waals surface area contributed by atoms with Crippen molar-refractivity contribution >= 4 is 23.9 Å². The van der Waals surface area contributed by atoms with E-state index in [2.05, 4.69) is 4.89 Å². The quantitative estimate of drug-likeness (QED) is 0.243. The van der Waals surface area contributed by atoms with Crippen molar-refractivity contribution in [2.75, 3.05) is 39.3 Å². The molecule has 120 valence electrons. The highest BCUT2D eigenvalue weighted by molar-refractivity contribution is 5.74. The van der Waals surface area contributed by atoms with Crippen molar-refractivity contribution in [3.8, 4) is 0 Å². The van der Waals surface area contributed by atoms with E-state index in [9.17, 15) is 19.2 Å². The van der Waals surface area contributed by atoms with Crippen molar-refractivity contribution in [1.29, 1.82) is 0 Å². The summed E-state index contributed by atoms with van der Waals surface area (Å²) in [5.41, 5.74) is 0. The van der Waals surface area contributed by atoms with E-state index in [0.717, 1.165) is 9.80 Å². The van der Waals surface area contributed by atoms with Gasteiger partial charge in [0.25, 0.3) is 0 Å². The SMILES string of the molecule is O=C(O)CN(CCN(CC(=O)O)CC(=O)OO)CC(=O)O. The fraction of sp³-hybridized carbons (Fsp3) is 0.600. The summed E-state index contributed by atoms with van der Waals surface area (Å²) in [6, 6.07) is 0. The van der Waals surface area contributed by atoms with Gasteiger partial charge < -0.3 is 15.3 Å². The molecule has 0 aliphatic heterocycles. The minimum absolute atomic E-state index is 0.0927. The lowest BCUT2D eigenvalue weighted by Crippen LogP contribution is -2.43. The number of carboxylic acids is 3. The van der Waals surface area contributed by atoms with Gasteiger partial charge in [-0.05, 0) is 0 Å². The molecular formula is C10H16N2O9. The maximum absolute atomic E-state index is 10.9. The second-order valence-corrected chi connectivity index (χ2v) is 4.07. The van der Waals surface area contributed by atoms with E-state index in [1.165, 1.54) is 0 Å². The van der Waals surface area contributed by atoms with Crippen LogP contribution in [-0.2, 0) is 24.1 Å². The van der Waals surface area contributed by atoms with Gasteiger partial charge >= 0.3 is 23.9 Å². The molecule has 21 heavy (non-hydrogen) atoms. The summed E-state index contributed by atoms with van der Waals surface area (Å²) < 4.78 is 0. The van der Waals surface area contributed by atoms with Crippen LogP contribution in [0, 0.1) is 0 Å². The Kier molecular flexibility index (Phi) is 8.60. The summed E-state index contributed by atoms with van der Waals surface area (Å²) in [7, 11) is 0. The third-order valence-corrected chi connectivity index (χ3v) is 2.26. The molecule has 4 N–H and O–H groups in total. The van der Waals surface area contributed by atoms with Crippen molar-refractivity contribution in [2.24, 2.45) is 0 Å². The highest BCUT2D eigenvalue weighted by Gasteiger charge is 2.18. The van der Waals surface area contributed by atoms with Crippen molar-refractivity contribution in [3.63, 3.8) is 0 Å². The fourth-order valence-electron chi connectivity index (χ4n) is 1.50. The van der Waals surface area contributed by atoms with Gasteiger partial charge in [-0.1, -0.05) is 0 Å². The van der Waals surface area contributed by atoms with Gasteiger partial charge in [0.05, 0.1) is 19.6 Å². The monoisotopic (exact) mass is 308 g/mol. The molecule has 11 nitrogen and oxygen atoms in total. The molecule has 0 bridgehead atoms. The first-order chi connectivity index (χ1) is 9.74. The second kappa shape index (κ2) is 9.63. The molecule has 0 unspecified atom stereocenters. The number of nitrogens with zero attached hydrogens (tertiary/aromatic N) is 2. The Hall–Kier alpha value is -2.24. The van der Waals surface area contributed by atoms with Crippen LogP contribution in [0.3, 0.4) is 0 Å². The predicted octanol–water partition coefficient (Wildman–Crippen LogP) is -2.14. The van der Waals surface area contributed by atoms with E-state index in [-0.39, 0.29) is 13.1 Å². The fourth-order valence-corrected chi connectivity index (χ4v) is 1.50. The minimum atomic E-state index is -1.25. The normalized spacial score (nSPS) is 10.6. The van der Waals surface area contributed by atoms with Gasteiger partial charge in [-0.3, -0.25) is 29.1 Å². The third-order valence-electron chi connectivity index (χ3n) is 2.26. The molecule has 0 amide bonds. The second-order valence-electron chi connectivity index (χ2n) is 4.07. The Morgan fingerprint density at radius 3 is 1.33 bits per heavy atom. The van der Waals surface area contributed by atoms with Gasteiger partial charge in [-0.2, -0.15) is 5.26 Å². The Morgan fingerprint density at radius 2 is 1.05 bits per heavy atom. The third kappa shape index (κ3) is 10.2. The topological polar surface area (TPSA) is 165 Å². The number of hydrogen-bond donors (Lipinski definition) is 4. The Bertz CT molecular complexity index is 382.